The topological polar surface area (TPSA) is 65.8 Å². The van der Waals surface area contributed by atoms with E-state index in [2.05, 4.69) is 19.4 Å². The molecule has 0 bridgehead atoms. The molecule has 1 heterocycles. The zero-order valence-corrected chi connectivity index (χ0v) is 14.0. The lowest BCUT2D eigenvalue weighted by Crippen LogP contribution is -2.30. The Bertz CT molecular complexity index is 817. The molecular weight excluding hydrogens is 332 g/mol. The van der Waals surface area contributed by atoms with Gasteiger partial charge in [-0.25, -0.2) is 0 Å². The van der Waals surface area contributed by atoms with Crippen LogP contribution < -0.4 is 10.6 Å². The zero-order valence-electron chi connectivity index (χ0n) is 12.4. The highest BCUT2D eigenvalue weighted by Crippen LogP contribution is 2.38. The van der Waals surface area contributed by atoms with Crippen LogP contribution in [0.15, 0.2) is 51.2 Å². The van der Waals surface area contributed by atoms with Crippen molar-refractivity contribution in [3.05, 3.63) is 53.1 Å². The van der Waals surface area contributed by atoms with Crippen molar-refractivity contribution in [1.29, 1.82) is 0 Å². The summed E-state index contributed by atoms with van der Waals surface area (Å²) in [4.78, 5) is 12.1. The summed E-state index contributed by atoms with van der Waals surface area (Å²) in [7, 11) is 0. The van der Waals surface area contributed by atoms with Crippen molar-refractivity contribution in [2.24, 2.45) is 8.73 Å². The number of benzene rings is 2. The summed E-state index contributed by atoms with van der Waals surface area (Å²) in [6.45, 7) is 2.19. The van der Waals surface area contributed by atoms with E-state index in [1.807, 2.05) is 49.4 Å². The van der Waals surface area contributed by atoms with Crippen molar-refractivity contribution >= 4 is 45.9 Å². The minimum absolute atomic E-state index is 0.0242. The van der Waals surface area contributed by atoms with Crippen LogP contribution in [0.4, 0.5) is 17.1 Å². The Kier molecular flexibility index (Phi) is 4.85. The summed E-state index contributed by atoms with van der Waals surface area (Å²) < 4.78 is 8.36. The maximum Gasteiger partial charge on any atom is 0.238 e. The molecule has 0 saturated heterocycles. The molecule has 2 aromatic carbocycles. The van der Waals surface area contributed by atoms with Gasteiger partial charge in [0.2, 0.25) is 5.91 Å². The Balaban J connectivity index is 1.58. The second kappa shape index (κ2) is 7.04. The number of hydrogen-bond donors (Lipinski definition) is 2. The predicted molar refractivity (Wildman–Crippen MR) is 94.5 cm³/mol. The highest BCUT2D eigenvalue weighted by molar-refractivity contribution is 7.58. The fraction of sp³-hybridized carbons (Fsp3) is 0.188. The Morgan fingerprint density at radius 3 is 2.91 bits per heavy atom. The van der Waals surface area contributed by atoms with E-state index >= 15 is 0 Å². The molecule has 0 radical (unpaired) electrons. The lowest BCUT2D eigenvalue weighted by molar-refractivity contribution is -0.115. The quantitative estimate of drug-likeness (QED) is 0.721. The van der Waals surface area contributed by atoms with Gasteiger partial charge in [0.25, 0.3) is 0 Å². The van der Waals surface area contributed by atoms with Gasteiger partial charge in [0.15, 0.2) is 0 Å². The Hall–Kier alpha value is -2.02. The minimum Gasteiger partial charge on any atom is -0.323 e. The molecule has 118 valence electrons. The van der Waals surface area contributed by atoms with Crippen molar-refractivity contribution in [3.8, 4) is 0 Å². The van der Waals surface area contributed by atoms with E-state index in [1.165, 1.54) is 0 Å². The third kappa shape index (κ3) is 3.85. The molecule has 0 fully saturated rings. The fourth-order valence-electron chi connectivity index (χ4n) is 2.24. The maximum atomic E-state index is 12.1. The number of rotatable bonds is 5. The molecule has 1 amide bonds. The van der Waals surface area contributed by atoms with Crippen molar-refractivity contribution in [3.63, 3.8) is 0 Å². The Morgan fingerprint density at radius 1 is 1.26 bits per heavy atom. The first-order chi connectivity index (χ1) is 11.1. The number of nitrogens with one attached hydrogen (secondary N) is 2. The van der Waals surface area contributed by atoms with Gasteiger partial charge < -0.3 is 10.6 Å². The normalized spacial score (nSPS) is 13.3. The number of carbonyl (C=O) groups is 1. The summed E-state index contributed by atoms with van der Waals surface area (Å²) in [5, 5.41) is 6.73. The van der Waals surface area contributed by atoms with Gasteiger partial charge in [-0.2, -0.15) is 8.73 Å². The molecule has 23 heavy (non-hydrogen) atoms. The van der Waals surface area contributed by atoms with Gasteiger partial charge in [-0.05, 0) is 36.8 Å². The van der Waals surface area contributed by atoms with Crippen molar-refractivity contribution in [1.82, 2.24) is 5.32 Å². The zero-order chi connectivity index (χ0) is 16.2. The second-order valence-corrected chi connectivity index (χ2v) is 6.11. The summed E-state index contributed by atoms with van der Waals surface area (Å²) in [6.07, 6.45) is 0. The molecular formula is C16H15ClN4OS. The molecule has 0 aromatic heterocycles. The Morgan fingerprint density at radius 2 is 2.09 bits per heavy atom. The van der Waals surface area contributed by atoms with Crippen LogP contribution in [0.5, 0.6) is 0 Å². The molecule has 2 aromatic rings. The van der Waals surface area contributed by atoms with Crippen LogP contribution in [-0.4, -0.2) is 12.5 Å². The first-order valence-electron chi connectivity index (χ1n) is 7.13. The SMILES string of the molecule is CC(NCC(=O)Nc1cccc2c1N=S=N2)c1cccc(Cl)c1. The van der Waals surface area contributed by atoms with Crippen LogP contribution in [0.1, 0.15) is 18.5 Å². The van der Waals surface area contributed by atoms with Crippen molar-refractivity contribution in [2.75, 3.05) is 11.9 Å². The number of fused-ring (bicyclic) bond motifs is 1. The fourth-order valence-corrected chi connectivity index (χ4v) is 2.99. The molecule has 3 rings (SSSR count). The van der Waals surface area contributed by atoms with Crippen LogP contribution in [0.2, 0.25) is 5.02 Å². The number of carbonyl (C=O) groups excluding carboxylic acids is 1. The standard InChI is InChI=1S/C16H15ClN4OS/c1-10(11-4-2-5-12(17)8-11)18-9-15(22)19-13-6-3-7-14-16(13)21-23-20-14/h2-8,10,18H,9H2,1H3,(H,19,22). The molecule has 0 aliphatic carbocycles. The van der Waals surface area contributed by atoms with Crippen LogP contribution in [0, 0.1) is 0 Å². The van der Waals surface area contributed by atoms with Crippen LogP contribution in [-0.2, 0) is 16.1 Å². The molecule has 7 heteroatoms. The van der Waals surface area contributed by atoms with E-state index in [0.29, 0.717) is 16.4 Å². The number of hydrogen-bond acceptors (Lipinski definition) is 4. The van der Waals surface area contributed by atoms with Crippen molar-refractivity contribution < 1.29 is 4.79 Å². The lowest BCUT2D eigenvalue weighted by Gasteiger charge is -2.15. The van der Waals surface area contributed by atoms with Crippen molar-refractivity contribution in [2.45, 2.75) is 13.0 Å². The van der Waals surface area contributed by atoms with Gasteiger partial charge in [-0.1, -0.05) is 29.8 Å². The molecule has 1 atom stereocenters. The van der Waals surface area contributed by atoms with Gasteiger partial charge in [0.05, 0.1) is 23.6 Å². The van der Waals surface area contributed by atoms with Gasteiger partial charge in [0.1, 0.15) is 11.4 Å². The van der Waals surface area contributed by atoms with Gasteiger partial charge in [-0.3, -0.25) is 4.79 Å². The maximum absolute atomic E-state index is 12.1. The minimum atomic E-state index is -0.126. The Labute approximate surface area is 143 Å². The van der Waals surface area contributed by atoms with Crippen LogP contribution in [0.3, 0.4) is 0 Å². The van der Waals surface area contributed by atoms with E-state index < -0.39 is 0 Å². The third-order valence-corrected chi connectivity index (χ3v) is 4.26. The van der Waals surface area contributed by atoms with Crippen LogP contribution in [0.25, 0.3) is 0 Å². The summed E-state index contributed by atoms with van der Waals surface area (Å²) >= 11 is 7.12. The van der Waals surface area contributed by atoms with E-state index in [9.17, 15) is 4.79 Å². The molecule has 1 aliphatic heterocycles. The number of anilines is 1. The highest BCUT2D eigenvalue weighted by Gasteiger charge is 2.13. The lowest BCUT2D eigenvalue weighted by atomic mass is 10.1. The van der Waals surface area contributed by atoms with E-state index in [1.54, 1.807) is 0 Å². The van der Waals surface area contributed by atoms with Gasteiger partial charge in [-0.15, -0.1) is 0 Å². The molecule has 0 saturated carbocycles. The average molecular weight is 347 g/mol. The second-order valence-electron chi connectivity index (χ2n) is 5.14. The summed E-state index contributed by atoms with van der Waals surface area (Å²) in [5.74, 6) is -0.126. The number of amides is 1. The molecule has 0 spiro atoms. The van der Waals surface area contributed by atoms with E-state index in [4.69, 9.17) is 11.6 Å². The van der Waals surface area contributed by atoms with E-state index in [0.717, 1.165) is 22.6 Å². The molecule has 2 N–H and O–H groups in total. The summed E-state index contributed by atoms with van der Waals surface area (Å²) in [5.41, 5.74) is 3.22. The molecule has 1 aliphatic rings. The van der Waals surface area contributed by atoms with Gasteiger partial charge in [0, 0.05) is 11.1 Å². The molecule has 1 unspecified atom stereocenters. The van der Waals surface area contributed by atoms with E-state index in [-0.39, 0.29) is 18.5 Å². The number of nitrogens with zero attached hydrogens (tertiary/aromatic N) is 2. The first kappa shape index (κ1) is 15.9. The predicted octanol–water partition coefficient (Wildman–Crippen LogP) is 4.36. The third-order valence-electron chi connectivity index (χ3n) is 3.48. The highest BCUT2D eigenvalue weighted by atomic mass is 35.5. The smallest absolute Gasteiger partial charge is 0.238 e. The largest absolute Gasteiger partial charge is 0.323 e. The average Bonchev–Trinajstić information content (AvgIpc) is 3.02. The molecule has 5 nitrogen and oxygen atoms in total. The van der Waals surface area contributed by atoms with Crippen LogP contribution >= 0.6 is 11.6 Å². The first-order valence-corrected chi connectivity index (χ1v) is 8.24. The van der Waals surface area contributed by atoms with Gasteiger partial charge >= 0.3 is 0 Å². The monoisotopic (exact) mass is 346 g/mol. The number of halogens is 1. The summed E-state index contributed by atoms with van der Waals surface area (Å²) in [6, 6.07) is 13.1.